The third-order valence-corrected chi connectivity index (χ3v) is 4.93. The van der Waals surface area contributed by atoms with E-state index in [1.807, 2.05) is 29.6 Å². The van der Waals surface area contributed by atoms with Crippen molar-refractivity contribution >= 4 is 53.7 Å². The first-order valence-corrected chi connectivity index (χ1v) is 8.63. The van der Waals surface area contributed by atoms with Gasteiger partial charge in [0.1, 0.15) is 10.7 Å². The van der Waals surface area contributed by atoms with E-state index in [0.717, 1.165) is 30.0 Å². The van der Waals surface area contributed by atoms with Gasteiger partial charge in [-0.1, -0.05) is 23.7 Å². The van der Waals surface area contributed by atoms with Gasteiger partial charge in [0.15, 0.2) is 0 Å². The Morgan fingerprint density at radius 2 is 2.04 bits per heavy atom. The maximum absolute atomic E-state index is 12.3. The predicted molar refractivity (Wildman–Crippen MR) is 105 cm³/mol. The number of aromatic nitrogens is 1. The summed E-state index contributed by atoms with van der Waals surface area (Å²) in [7, 11) is 0. The smallest absolute Gasteiger partial charge is 0.270 e. The number of benzene rings is 1. The number of rotatable bonds is 3. The molecule has 3 rings (SSSR count). The van der Waals surface area contributed by atoms with Gasteiger partial charge in [-0.25, -0.2) is 4.98 Å². The summed E-state index contributed by atoms with van der Waals surface area (Å²) in [6.45, 7) is 3.08. The van der Waals surface area contributed by atoms with Crippen LogP contribution in [0.15, 0.2) is 29.6 Å². The summed E-state index contributed by atoms with van der Waals surface area (Å²) in [5.74, 6) is -0.0874. The van der Waals surface area contributed by atoms with E-state index >= 15 is 0 Å². The standard InChI is InChI=1S/C16H18ClN3OS.2ClH/c1-10-8-13(6-7-18-10)19-15(21)14-9-22-16(20-14)11-2-4-12(17)5-3-11;;/h2-5,9-10,13,18H,6-8H2,1H3,(H,19,21);2*1H. The first-order chi connectivity index (χ1) is 10.6. The fraction of sp³-hybridized carbons (Fsp3) is 0.375. The Morgan fingerprint density at radius 1 is 1.33 bits per heavy atom. The lowest BCUT2D eigenvalue weighted by Gasteiger charge is -2.28. The van der Waals surface area contributed by atoms with E-state index in [2.05, 4.69) is 22.5 Å². The molecule has 0 bridgehead atoms. The molecule has 24 heavy (non-hydrogen) atoms. The molecule has 8 heteroatoms. The maximum atomic E-state index is 12.3. The lowest BCUT2D eigenvalue weighted by atomic mass is 10.0. The van der Waals surface area contributed by atoms with Crippen LogP contribution in [0.4, 0.5) is 0 Å². The molecule has 1 aliphatic heterocycles. The van der Waals surface area contributed by atoms with Crippen molar-refractivity contribution in [3.8, 4) is 10.6 Å². The molecule has 2 N–H and O–H groups in total. The SMILES string of the molecule is CC1CC(NC(=O)c2csc(-c3ccc(Cl)cc3)n2)CCN1.Cl.Cl. The molecule has 1 amide bonds. The number of piperidine rings is 1. The second-order valence-corrected chi connectivity index (χ2v) is 6.89. The van der Waals surface area contributed by atoms with Gasteiger partial charge >= 0.3 is 0 Å². The van der Waals surface area contributed by atoms with Crippen LogP contribution in [-0.4, -0.2) is 29.5 Å². The molecule has 2 heterocycles. The molecule has 2 aromatic rings. The number of amides is 1. The van der Waals surface area contributed by atoms with Crippen LogP contribution in [0.25, 0.3) is 10.6 Å². The third kappa shape index (κ3) is 5.33. The molecule has 2 unspecified atom stereocenters. The molecule has 0 radical (unpaired) electrons. The molecule has 0 aliphatic carbocycles. The molecule has 1 aromatic carbocycles. The molecule has 0 saturated carbocycles. The lowest BCUT2D eigenvalue weighted by molar-refractivity contribution is 0.0921. The zero-order valence-corrected chi connectivity index (χ0v) is 16.3. The number of hydrogen-bond donors (Lipinski definition) is 2. The highest BCUT2D eigenvalue weighted by Gasteiger charge is 2.21. The largest absolute Gasteiger partial charge is 0.348 e. The highest BCUT2D eigenvalue weighted by molar-refractivity contribution is 7.13. The van der Waals surface area contributed by atoms with Crippen LogP contribution in [0, 0.1) is 0 Å². The van der Waals surface area contributed by atoms with Crippen molar-refractivity contribution in [3.63, 3.8) is 0 Å². The van der Waals surface area contributed by atoms with Crippen molar-refractivity contribution in [1.82, 2.24) is 15.6 Å². The first-order valence-electron chi connectivity index (χ1n) is 7.37. The normalized spacial score (nSPS) is 19.8. The summed E-state index contributed by atoms with van der Waals surface area (Å²) < 4.78 is 0. The first kappa shape index (κ1) is 21.2. The van der Waals surface area contributed by atoms with Crippen LogP contribution in [0.2, 0.25) is 5.02 Å². The van der Waals surface area contributed by atoms with E-state index in [0.29, 0.717) is 16.8 Å². The number of carbonyl (C=O) groups is 1. The van der Waals surface area contributed by atoms with E-state index in [9.17, 15) is 4.79 Å². The molecule has 1 saturated heterocycles. The summed E-state index contributed by atoms with van der Waals surface area (Å²) in [6.07, 6.45) is 1.92. The average molecular weight is 409 g/mol. The van der Waals surface area contributed by atoms with E-state index in [1.165, 1.54) is 11.3 Å². The zero-order valence-electron chi connectivity index (χ0n) is 13.1. The van der Waals surface area contributed by atoms with Crippen molar-refractivity contribution in [2.75, 3.05) is 6.54 Å². The lowest BCUT2D eigenvalue weighted by Crippen LogP contribution is -2.46. The van der Waals surface area contributed by atoms with Crippen molar-refractivity contribution in [2.45, 2.75) is 31.8 Å². The minimum atomic E-state index is -0.0874. The number of carbonyl (C=O) groups excluding carboxylic acids is 1. The summed E-state index contributed by atoms with van der Waals surface area (Å²) in [6, 6.07) is 8.15. The number of halogens is 3. The van der Waals surface area contributed by atoms with Crippen LogP contribution < -0.4 is 10.6 Å². The average Bonchev–Trinajstić information content (AvgIpc) is 2.98. The monoisotopic (exact) mass is 407 g/mol. The zero-order chi connectivity index (χ0) is 15.5. The second-order valence-electron chi connectivity index (χ2n) is 5.59. The van der Waals surface area contributed by atoms with E-state index in [-0.39, 0.29) is 36.8 Å². The Morgan fingerprint density at radius 3 is 2.71 bits per heavy atom. The van der Waals surface area contributed by atoms with Crippen molar-refractivity contribution in [2.24, 2.45) is 0 Å². The van der Waals surface area contributed by atoms with Crippen LogP contribution in [0.5, 0.6) is 0 Å². The topological polar surface area (TPSA) is 54.0 Å². The number of nitrogens with zero attached hydrogens (tertiary/aromatic N) is 1. The van der Waals surface area contributed by atoms with Crippen molar-refractivity contribution in [1.29, 1.82) is 0 Å². The molecule has 1 aliphatic rings. The summed E-state index contributed by atoms with van der Waals surface area (Å²) in [4.78, 5) is 16.8. The van der Waals surface area contributed by atoms with Crippen LogP contribution in [-0.2, 0) is 0 Å². The Hall–Kier alpha value is -0.850. The number of thiazole rings is 1. The van der Waals surface area contributed by atoms with Crippen molar-refractivity contribution in [3.05, 3.63) is 40.4 Å². The Balaban J connectivity index is 0.00000144. The molecule has 4 nitrogen and oxygen atoms in total. The van der Waals surface area contributed by atoms with Gasteiger partial charge in [-0.2, -0.15) is 0 Å². The van der Waals surface area contributed by atoms with E-state index in [4.69, 9.17) is 11.6 Å². The maximum Gasteiger partial charge on any atom is 0.270 e. The second kappa shape index (κ2) is 9.59. The fourth-order valence-corrected chi connectivity index (χ4v) is 3.56. The third-order valence-electron chi connectivity index (χ3n) is 3.79. The molecule has 1 aromatic heterocycles. The van der Waals surface area contributed by atoms with E-state index < -0.39 is 0 Å². The summed E-state index contributed by atoms with van der Waals surface area (Å²) in [5.41, 5.74) is 1.46. The Bertz CT molecular complexity index is 663. The number of hydrogen-bond acceptors (Lipinski definition) is 4. The van der Waals surface area contributed by atoms with Gasteiger partial charge in [-0.3, -0.25) is 4.79 Å². The van der Waals surface area contributed by atoms with Gasteiger partial charge in [-0.05, 0) is 38.4 Å². The minimum absolute atomic E-state index is 0. The van der Waals surface area contributed by atoms with Crippen LogP contribution >= 0.6 is 47.8 Å². The van der Waals surface area contributed by atoms with Crippen LogP contribution in [0.1, 0.15) is 30.3 Å². The highest BCUT2D eigenvalue weighted by Crippen LogP contribution is 2.25. The highest BCUT2D eigenvalue weighted by atomic mass is 35.5. The summed E-state index contributed by atoms with van der Waals surface area (Å²) in [5, 5.41) is 9.80. The summed E-state index contributed by atoms with van der Waals surface area (Å²) >= 11 is 7.36. The molecule has 132 valence electrons. The van der Waals surface area contributed by atoms with Crippen molar-refractivity contribution < 1.29 is 4.79 Å². The van der Waals surface area contributed by atoms with Gasteiger partial charge in [0.2, 0.25) is 0 Å². The quantitative estimate of drug-likeness (QED) is 0.801. The Kier molecular flexibility index (Phi) is 8.46. The van der Waals surface area contributed by atoms with Gasteiger partial charge < -0.3 is 10.6 Å². The Labute approximate surface area is 163 Å². The molecular formula is C16H20Cl3N3OS. The van der Waals surface area contributed by atoms with Gasteiger partial charge in [-0.15, -0.1) is 36.2 Å². The molecule has 2 atom stereocenters. The fourth-order valence-electron chi connectivity index (χ4n) is 2.63. The van der Waals surface area contributed by atoms with E-state index in [1.54, 1.807) is 0 Å². The molecular weight excluding hydrogens is 389 g/mol. The number of nitrogens with one attached hydrogen (secondary N) is 2. The molecule has 0 spiro atoms. The van der Waals surface area contributed by atoms with Gasteiger partial charge in [0.05, 0.1) is 0 Å². The van der Waals surface area contributed by atoms with Crippen LogP contribution in [0.3, 0.4) is 0 Å². The molecule has 1 fully saturated rings. The van der Waals surface area contributed by atoms with Gasteiger partial charge in [0, 0.05) is 28.0 Å². The minimum Gasteiger partial charge on any atom is -0.348 e. The van der Waals surface area contributed by atoms with Gasteiger partial charge in [0.25, 0.3) is 5.91 Å². The predicted octanol–water partition coefficient (Wildman–Crippen LogP) is 4.18.